The van der Waals surface area contributed by atoms with Gasteiger partial charge in [-0.1, -0.05) is 15.9 Å². The van der Waals surface area contributed by atoms with Crippen LogP contribution in [0.3, 0.4) is 0 Å². The minimum atomic E-state index is -1.25. The Morgan fingerprint density at radius 3 is 2.38 bits per heavy atom. The fraction of sp³-hybridized carbons (Fsp3) is 0. The molecule has 0 aliphatic rings. The first-order valence-electron chi connectivity index (χ1n) is 4.56. The monoisotopic (exact) mass is 296 g/mol. The molecule has 0 aliphatic heterocycles. The molecule has 82 valence electrons. The minimum Gasteiger partial charge on any atom is -0.397 e. The summed E-state index contributed by atoms with van der Waals surface area (Å²) in [4.78, 5) is 4.76. The highest BCUT2D eigenvalue weighted by Gasteiger charge is 2.07. The zero-order valence-corrected chi connectivity index (χ0v) is 10.7. The first-order valence-corrected chi connectivity index (χ1v) is 6.50. The molecule has 16 heavy (non-hydrogen) atoms. The second-order valence-electron chi connectivity index (χ2n) is 3.15. The number of nitrogens with two attached hydrogens (primary N) is 1. The summed E-state index contributed by atoms with van der Waals surface area (Å²) in [6.07, 6.45) is 1.51. The van der Waals surface area contributed by atoms with Gasteiger partial charge in [-0.25, -0.2) is 9.19 Å². The fourth-order valence-corrected chi connectivity index (χ4v) is 2.41. The summed E-state index contributed by atoms with van der Waals surface area (Å²) in [7, 11) is -1.25. The van der Waals surface area contributed by atoms with Crippen molar-refractivity contribution in [3.63, 3.8) is 0 Å². The van der Waals surface area contributed by atoms with Crippen molar-refractivity contribution in [1.82, 2.24) is 4.98 Å². The van der Waals surface area contributed by atoms with Crippen molar-refractivity contribution in [1.29, 1.82) is 0 Å². The van der Waals surface area contributed by atoms with Gasteiger partial charge in [-0.15, -0.1) is 0 Å². The molecule has 0 saturated heterocycles. The van der Waals surface area contributed by atoms with E-state index < -0.39 is 10.8 Å². The smallest absolute Gasteiger partial charge is 0.132 e. The Morgan fingerprint density at radius 2 is 1.81 bits per heavy atom. The van der Waals surface area contributed by atoms with Gasteiger partial charge in [0.05, 0.1) is 11.9 Å². The molecule has 3 nitrogen and oxygen atoms in total. The van der Waals surface area contributed by atoms with Crippen molar-refractivity contribution in [2.45, 2.75) is 9.92 Å². The predicted octanol–water partition coefficient (Wildman–Crippen LogP) is 2.59. The van der Waals surface area contributed by atoms with Crippen LogP contribution in [0.1, 0.15) is 0 Å². The van der Waals surface area contributed by atoms with Crippen LogP contribution in [0.25, 0.3) is 0 Å². The first kappa shape index (κ1) is 11.3. The number of halogens is 1. The summed E-state index contributed by atoms with van der Waals surface area (Å²) in [5, 5.41) is 0.511. The SMILES string of the molecule is Nc1ccc(S(=O)c2ccc(Br)cc2)nc1. The van der Waals surface area contributed by atoms with E-state index in [4.69, 9.17) is 5.73 Å². The normalized spacial score (nSPS) is 12.3. The van der Waals surface area contributed by atoms with Gasteiger partial charge in [0.1, 0.15) is 15.8 Å². The van der Waals surface area contributed by atoms with Gasteiger partial charge in [-0.05, 0) is 36.4 Å². The molecule has 1 heterocycles. The van der Waals surface area contributed by atoms with Crippen molar-refractivity contribution >= 4 is 32.4 Å². The summed E-state index contributed by atoms with van der Waals surface area (Å²) in [6, 6.07) is 10.7. The number of aromatic nitrogens is 1. The van der Waals surface area contributed by atoms with E-state index in [1.807, 2.05) is 12.1 Å². The van der Waals surface area contributed by atoms with Gasteiger partial charge >= 0.3 is 0 Å². The molecule has 2 aromatic rings. The van der Waals surface area contributed by atoms with Gasteiger partial charge < -0.3 is 5.73 Å². The van der Waals surface area contributed by atoms with Crippen LogP contribution in [0, 0.1) is 0 Å². The third-order valence-corrected chi connectivity index (χ3v) is 3.83. The maximum Gasteiger partial charge on any atom is 0.132 e. The van der Waals surface area contributed by atoms with Crippen LogP contribution in [0.15, 0.2) is 57.0 Å². The number of nitrogens with zero attached hydrogens (tertiary/aromatic N) is 1. The molecule has 0 radical (unpaired) electrons. The van der Waals surface area contributed by atoms with Crippen LogP contribution in [-0.2, 0) is 10.8 Å². The minimum absolute atomic E-state index is 0.511. The first-order chi connectivity index (χ1) is 7.66. The van der Waals surface area contributed by atoms with Crippen LogP contribution in [0.2, 0.25) is 0 Å². The maximum absolute atomic E-state index is 12.1. The number of nitrogen functional groups attached to an aromatic ring is 1. The quantitative estimate of drug-likeness (QED) is 0.927. The van der Waals surface area contributed by atoms with E-state index in [1.54, 1.807) is 24.3 Å². The third kappa shape index (κ3) is 2.48. The Labute approximate surface area is 104 Å². The van der Waals surface area contributed by atoms with Crippen molar-refractivity contribution in [2.75, 3.05) is 5.73 Å². The van der Waals surface area contributed by atoms with E-state index in [2.05, 4.69) is 20.9 Å². The van der Waals surface area contributed by atoms with Crippen molar-refractivity contribution in [2.24, 2.45) is 0 Å². The Morgan fingerprint density at radius 1 is 1.12 bits per heavy atom. The Balaban J connectivity index is 2.32. The van der Waals surface area contributed by atoms with E-state index in [9.17, 15) is 4.21 Å². The molecule has 0 aliphatic carbocycles. The lowest BCUT2D eigenvalue weighted by Gasteiger charge is -2.01. The second kappa shape index (κ2) is 4.76. The molecule has 1 aromatic heterocycles. The number of anilines is 1. The average molecular weight is 297 g/mol. The number of benzene rings is 1. The number of rotatable bonds is 2. The highest BCUT2D eigenvalue weighted by Crippen LogP contribution is 2.17. The molecule has 1 atom stereocenters. The lowest BCUT2D eigenvalue weighted by Crippen LogP contribution is -1.96. The van der Waals surface area contributed by atoms with Gasteiger partial charge in [0, 0.05) is 9.37 Å². The molecule has 0 spiro atoms. The Hall–Kier alpha value is -1.20. The molecule has 1 unspecified atom stereocenters. The van der Waals surface area contributed by atoms with Gasteiger partial charge in [-0.3, -0.25) is 0 Å². The summed E-state index contributed by atoms with van der Waals surface area (Å²) in [6.45, 7) is 0. The lowest BCUT2D eigenvalue weighted by atomic mass is 10.4. The van der Waals surface area contributed by atoms with Crippen LogP contribution in [0.4, 0.5) is 5.69 Å². The zero-order valence-electron chi connectivity index (χ0n) is 8.26. The highest BCUT2D eigenvalue weighted by atomic mass is 79.9. The van der Waals surface area contributed by atoms with Crippen LogP contribution in [0.5, 0.6) is 0 Å². The predicted molar refractivity (Wildman–Crippen MR) is 67.5 cm³/mol. The number of hydrogen-bond donors (Lipinski definition) is 1. The van der Waals surface area contributed by atoms with E-state index in [1.165, 1.54) is 6.20 Å². The number of pyridine rings is 1. The van der Waals surface area contributed by atoms with Crippen molar-refractivity contribution in [3.05, 3.63) is 47.1 Å². The average Bonchev–Trinajstić information content (AvgIpc) is 2.30. The zero-order chi connectivity index (χ0) is 11.5. The van der Waals surface area contributed by atoms with Gasteiger partial charge in [-0.2, -0.15) is 0 Å². The Kier molecular flexibility index (Phi) is 3.36. The number of hydrogen-bond acceptors (Lipinski definition) is 3. The molecule has 0 bridgehead atoms. The maximum atomic E-state index is 12.1. The Bertz CT molecular complexity index is 463. The lowest BCUT2D eigenvalue weighted by molar-refractivity contribution is 0.680. The van der Waals surface area contributed by atoms with E-state index in [0.29, 0.717) is 10.7 Å². The van der Waals surface area contributed by atoms with Crippen LogP contribution >= 0.6 is 15.9 Å². The molecule has 2 rings (SSSR count). The van der Waals surface area contributed by atoms with E-state index in [0.717, 1.165) is 9.37 Å². The van der Waals surface area contributed by atoms with E-state index >= 15 is 0 Å². The molecular weight excluding hydrogens is 288 g/mol. The third-order valence-electron chi connectivity index (χ3n) is 1.98. The van der Waals surface area contributed by atoms with Crippen LogP contribution < -0.4 is 5.73 Å². The standard InChI is InChI=1S/C11H9BrN2OS/c12-8-1-4-10(5-2-8)16(15)11-6-3-9(13)7-14-11/h1-7H,13H2. The summed E-state index contributed by atoms with van der Waals surface area (Å²) >= 11 is 3.33. The summed E-state index contributed by atoms with van der Waals surface area (Å²) in [5.41, 5.74) is 6.08. The molecule has 0 amide bonds. The molecule has 0 fully saturated rings. The second-order valence-corrected chi connectivity index (χ2v) is 5.50. The van der Waals surface area contributed by atoms with E-state index in [-0.39, 0.29) is 0 Å². The van der Waals surface area contributed by atoms with Gasteiger partial charge in [0.25, 0.3) is 0 Å². The topological polar surface area (TPSA) is 56.0 Å². The molecule has 2 N–H and O–H groups in total. The molecule has 5 heteroatoms. The van der Waals surface area contributed by atoms with Gasteiger partial charge in [0.15, 0.2) is 0 Å². The largest absolute Gasteiger partial charge is 0.397 e. The summed E-state index contributed by atoms with van der Waals surface area (Å²) in [5.74, 6) is 0. The van der Waals surface area contributed by atoms with Crippen LogP contribution in [-0.4, -0.2) is 9.19 Å². The molecular formula is C11H9BrN2OS. The fourth-order valence-electron chi connectivity index (χ4n) is 1.18. The molecule has 0 saturated carbocycles. The highest BCUT2D eigenvalue weighted by molar-refractivity contribution is 9.10. The van der Waals surface area contributed by atoms with Crippen molar-refractivity contribution < 1.29 is 4.21 Å². The molecule has 1 aromatic carbocycles. The van der Waals surface area contributed by atoms with Gasteiger partial charge in [0.2, 0.25) is 0 Å². The van der Waals surface area contributed by atoms with Crippen molar-refractivity contribution in [3.8, 4) is 0 Å². The summed E-state index contributed by atoms with van der Waals surface area (Å²) < 4.78 is 13.0.